The second kappa shape index (κ2) is 12.0. The Morgan fingerprint density at radius 2 is 1.79 bits per heavy atom. The standard InChI is InChI=1S/C29H34O10/c1-14-12-20-23(15(2)19(14)10-11-30)24(34)16(3)27(20)39-29-26(36)25(35)28(21(13-31)37-29)38-22(33)9-6-17-4-7-18(32)8-5-17/h4-9,12,16,21,25-32,35-36H,10-11,13H2,1-3H3/b9-6+/t16-,21-,25-,26-,27+,28-,29+/m1/s1. The first kappa shape index (κ1) is 28.9. The number of phenols is 1. The number of esters is 1. The minimum absolute atomic E-state index is 0.0506. The van der Waals surface area contributed by atoms with Crippen molar-refractivity contribution in [1.82, 2.24) is 0 Å². The highest BCUT2D eigenvalue weighted by Gasteiger charge is 2.49. The zero-order chi connectivity index (χ0) is 28.4. The monoisotopic (exact) mass is 542 g/mol. The van der Waals surface area contributed by atoms with Gasteiger partial charge in [-0.05, 0) is 66.3 Å². The van der Waals surface area contributed by atoms with Gasteiger partial charge in [-0.3, -0.25) is 4.79 Å². The SMILES string of the molecule is Cc1cc2c(c(C)c1CCO)C(=O)[C@@H](C)[C@@H]2O[C@@H]1O[C@H](CO)[C@@H](OC(=O)/C=C/c2ccc(O)cc2)[C@H](O)[C@H]1O. The molecule has 0 bridgehead atoms. The van der Waals surface area contributed by atoms with Crippen LogP contribution in [-0.2, 0) is 25.4 Å². The molecule has 0 unspecified atom stereocenters. The van der Waals surface area contributed by atoms with Crippen molar-refractivity contribution in [2.45, 2.75) is 64.0 Å². The minimum Gasteiger partial charge on any atom is -0.508 e. The van der Waals surface area contributed by atoms with Crippen LogP contribution in [0.5, 0.6) is 5.75 Å². The van der Waals surface area contributed by atoms with Crippen LogP contribution in [0.3, 0.4) is 0 Å². The smallest absolute Gasteiger partial charge is 0.331 e. The van der Waals surface area contributed by atoms with Gasteiger partial charge in [0.15, 0.2) is 18.2 Å². The second-order valence-electron chi connectivity index (χ2n) is 9.98. The number of ether oxygens (including phenoxy) is 3. The van der Waals surface area contributed by atoms with Crippen LogP contribution in [0, 0.1) is 19.8 Å². The fourth-order valence-corrected chi connectivity index (χ4v) is 5.31. The van der Waals surface area contributed by atoms with Gasteiger partial charge in [0.25, 0.3) is 0 Å². The summed E-state index contributed by atoms with van der Waals surface area (Å²) in [6.07, 6.45) is -5.11. The Bertz CT molecular complexity index is 1240. The molecule has 2 aromatic rings. The van der Waals surface area contributed by atoms with Gasteiger partial charge in [-0.15, -0.1) is 0 Å². The molecule has 10 heteroatoms. The van der Waals surface area contributed by atoms with Gasteiger partial charge in [-0.1, -0.05) is 25.1 Å². The number of aliphatic hydroxyl groups excluding tert-OH is 4. The predicted molar refractivity (Wildman–Crippen MR) is 139 cm³/mol. The van der Waals surface area contributed by atoms with E-state index in [2.05, 4.69) is 0 Å². The number of aliphatic hydroxyl groups is 4. The molecule has 1 aliphatic carbocycles. The lowest BCUT2D eigenvalue weighted by molar-refractivity contribution is -0.315. The summed E-state index contributed by atoms with van der Waals surface area (Å²) in [5.74, 6) is -1.51. The molecular formula is C29H34O10. The highest BCUT2D eigenvalue weighted by atomic mass is 16.7. The van der Waals surface area contributed by atoms with Crippen molar-refractivity contribution < 1.29 is 49.3 Å². The molecule has 5 N–H and O–H groups in total. The maximum Gasteiger partial charge on any atom is 0.331 e. The van der Waals surface area contributed by atoms with Gasteiger partial charge in [0.1, 0.15) is 24.1 Å². The number of rotatable bonds is 8. The molecule has 1 fully saturated rings. The van der Waals surface area contributed by atoms with E-state index >= 15 is 0 Å². The van der Waals surface area contributed by atoms with E-state index in [9.17, 15) is 35.1 Å². The van der Waals surface area contributed by atoms with Crippen molar-refractivity contribution in [2.75, 3.05) is 13.2 Å². The third-order valence-corrected chi connectivity index (χ3v) is 7.41. The van der Waals surface area contributed by atoms with Crippen LogP contribution in [-0.4, -0.2) is 81.2 Å². The molecule has 0 aromatic heterocycles. The lowest BCUT2D eigenvalue weighted by atomic mass is 9.92. The lowest BCUT2D eigenvalue weighted by Crippen LogP contribution is -2.60. The molecule has 0 radical (unpaired) electrons. The molecule has 2 aliphatic rings. The molecule has 39 heavy (non-hydrogen) atoms. The number of aromatic hydroxyl groups is 1. The number of hydrogen-bond acceptors (Lipinski definition) is 10. The van der Waals surface area contributed by atoms with E-state index < -0.39 is 55.3 Å². The molecule has 1 heterocycles. The zero-order valence-electron chi connectivity index (χ0n) is 22.0. The summed E-state index contributed by atoms with van der Waals surface area (Å²) < 4.78 is 17.1. The van der Waals surface area contributed by atoms with Gasteiger partial charge in [0.2, 0.25) is 0 Å². The van der Waals surface area contributed by atoms with Crippen molar-refractivity contribution in [1.29, 1.82) is 0 Å². The maximum absolute atomic E-state index is 13.1. The van der Waals surface area contributed by atoms with E-state index in [4.69, 9.17) is 14.2 Å². The molecule has 210 valence electrons. The zero-order valence-corrected chi connectivity index (χ0v) is 22.0. The number of ketones is 1. The molecule has 0 spiro atoms. The van der Waals surface area contributed by atoms with E-state index in [1.54, 1.807) is 19.1 Å². The molecule has 4 rings (SSSR count). The Morgan fingerprint density at radius 1 is 1.10 bits per heavy atom. The molecule has 0 amide bonds. The fraction of sp³-hybridized carbons (Fsp3) is 0.448. The summed E-state index contributed by atoms with van der Waals surface area (Å²) in [5, 5.41) is 50.3. The normalized spacial score (nSPS) is 28.6. The number of phenolic OH excluding ortho intramolecular Hbond substituents is 1. The summed E-state index contributed by atoms with van der Waals surface area (Å²) in [6.45, 7) is 4.73. The number of carbonyl (C=O) groups excluding carboxylic acids is 2. The summed E-state index contributed by atoms with van der Waals surface area (Å²) in [4.78, 5) is 25.6. The van der Waals surface area contributed by atoms with Gasteiger partial charge in [0.05, 0.1) is 18.6 Å². The van der Waals surface area contributed by atoms with Gasteiger partial charge in [-0.2, -0.15) is 0 Å². The van der Waals surface area contributed by atoms with Gasteiger partial charge in [0, 0.05) is 18.2 Å². The molecule has 0 saturated carbocycles. The summed E-state index contributed by atoms with van der Waals surface area (Å²) in [5.41, 5.74) is 4.31. The van der Waals surface area contributed by atoms with Crippen LogP contribution in [0.1, 0.15) is 51.2 Å². The Morgan fingerprint density at radius 3 is 2.44 bits per heavy atom. The number of aryl methyl sites for hydroxylation is 1. The van der Waals surface area contributed by atoms with Crippen molar-refractivity contribution in [3.05, 3.63) is 69.8 Å². The van der Waals surface area contributed by atoms with Crippen molar-refractivity contribution in [2.24, 2.45) is 5.92 Å². The first-order valence-corrected chi connectivity index (χ1v) is 12.8. The molecule has 1 saturated heterocycles. The van der Waals surface area contributed by atoms with Crippen LogP contribution in [0.25, 0.3) is 6.08 Å². The van der Waals surface area contributed by atoms with Crippen molar-refractivity contribution >= 4 is 17.8 Å². The minimum atomic E-state index is -1.64. The topological polar surface area (TPSA) is 163 Å². The average molecular weight is 543 g/mol. The summed E-state index contributed by atoms with van der Waals surface area (Å²) in [6, 6.07) is 7.91. The molecule has 2 aromatic carbocycles. The van der Waals surface area contributed by atoms with Crippen LogP contribution in [0.4, 0.5) is 0 Å². The summed E-state index contributed by atoms with van der Waals surface area (Å²) in [7, 11) is 0. The van der Waals surface area contributed by atoms with Gasteiger partial charge >= 0.3 is 5.97 Å². The molecule has 7 atom stereocenters. The Hall–Kier alpha value is -3.12. The highest BCUT2D eigenvalue weighted by Crippen LogP contribution is 2.43. The van der Waals surface area contributed by atoms with E-state index in [0.29, 0.717) is 23.1 Å². The van der Waals surface area contributed by atoms with Crippen LogP contribution in [0.2, 0.25) is 0 Å². The van der Waals surface area contributed by atoms with E-state index in [-0.39, 0.29) is 18.1 Å². The van der Waals surface area contributed by atoms with E-state index in [1.165, 1.54) is 18.2 Å². The van der Waals surface area contributed by atoms with E-state index in [0.717, 1.165) is 22.8 Å². The van der Waals surface area contributed by atoms with Crippen LogP contribution >= 0.6 is 0 Å². The number of Topliss-reactive ketones (excluding diaryl/α,β-unsaturated/α-hetero) is 1. The quantitative estimate of drug-likeness (QED) is 0.244. The first-order valence-electron chi connectivity index (χ1n) is 12.8. The largest absolute Gasteiger partial charge is 0.508 e. The van der Waals surface area contributed by atoms with Crippen LogP contribution < -0.4 is 0 Å². The molecular weight excluding hydrogens is 508 g/mol. The molecule has 1 aliphatic heterocycles. The lowest BCUT2D eigenvalue weighted by Gasteiger charge is -2.42. The number of benzene rings is 2. The Labute approximate surface area is 226 Å². The summed E-state index contributed by atoms with van der Waals surface area (Å²) >= 11 is 0. The highest BCUT2D eigenvalue weighted by molar-refractivity contribution is 6.04. The number of hydrogen-bond donors (Lipinski definition) is 5. The second-order valence-corrected chi connectivity index (χ2v) is 9.98. The third kappa shape index (κ3) is 5.76. The maximum atomic E-state index is 13.1. The van der Waals surface area contributed by atoms with Crippen molar-refractivity contribution in [3.63, 3.8) is 0 Å². The van der Waals surface area contributed by atoms with Crippen molar-refractivity contribution in [3.8, 4) is 5.75 Å². The Kier molecular flexibility index (Phi) is 8.85. The van der Waals surface area contributed by atoms with Gasteiger partial charge in [-0.25, -0.2) is 4.79 Å². The fourth-order valence-electron chi connectivity index (χ4n) is 5.31. The van der Waals surface area contributed by atoms with Crippen LogP contribution in [0.15, 0.2) is 36.4 Å². The molecule has 10 nitrogen and oxygen atoms in total. The van der Waals surface area contributed by atoms with E-state index in [1.807, 2.05) is 19.9 Å². The number of carbonyl (C=O) groups is 2. The Balaban J connectivity index is 1.50. The predicted octanol–water partition coefficient (Wildman–Crippen LogP) is 1.50. The third-order valence-electron chi connectivity index (χ3n) is 7.41. The number of fused-ring (bicyclic) bond motifs is 1. The van der Waals surface area contributed by atoms with Gasteiger partial charge < -0.3 is 39.7 Å². The first-order chi connectivity index (χ1) is 18.6. The average Bonchev–Trinajstić information content (AvgIpc) is 3.14.